The second kappa shape index (κ2) is 7.76. The number of fused-ring (bicyclic) bond motifs is 2. The molecule has 1 N–H and O–H groups in total. The number of benzene rings is 1. The summed E-state index contributed by atoms with van der Waals surface area (Å²) in [5.41, 5.74) is 0.376. The monoisotopic (exact) mass is 347 g/mol. The molecule has 2 aliphatic rings. The van der Waals surface area contributed by atoms with Gasteiger partial charge in [0.15, 0.2) is 6.61 Å². The molecule has 3 atom stereocenters. The van der Waals surface area contributed by atoms with Gasteiger partial charge < -0.3 is 10.1 Å². The van der Waals surface area contributed by atoms with E-state index in [2.05, 4.69) is 5.32 Å². The molecule has 3 rings (SSSR count). The molecule has 5 nitrogen and oxygen atoms in total. The molecule has 0 saturated heterocycles. The average molecular weight is 347 g/mol. The minimum Gasteiger partial charge on any atom is -0.455 e. The summed E-state index contributed by atoms with van der Waals surface area (Å²) in [6, 6.07) is 6.17. The van der Waals surface area contributed by atoms with E-state index in [9.17, 15) is 18.8 Å². The standard InChI is InChI=1S/C19H22FNO4/c20-16-7-2-1-4-14(16)10-21-17(22)11-25-19(24)15-8-12-5-3-6-13(9-15)18(12)23/h1-2,4,7,12-13,15H,3,5-6,8-11H2,(H,21,22)/t12-,13+,15?. The van der Waals surface area contributed by atoms with Gasteiger partial charge in [-0.05, 0) is 31.7 Å². The van der Waals surface area contributed by atoms with Crippen LogP contribution >= 0.6 is 0 Å². The molecule has 1 amide bonds. The van der Waals surface area contributed by atoms with E-state index >= 15 is 0 Å². The first kappa shape index (κ1) is 17.6. The first-order valence-electron chi connectivity index (χ1n) is 8.75. The number of ether oxygens (including phenoxy) is 1. The Hall–Kier alpha value is -2.24. The van der Waals surface area contributed by atoms with Gasteiger partial charge >= 0.3 is 5.97 Å². The summed E-state index contributed by atoms with van der Waals surface area (Å²) in [7, 11) is 0. The van der Waals surface area contributed by atoms with Gasteiger partial charge in [-0.3, -0.25) is 14.4 Å². The largest absolute Gasteiger partial charge is 0.455 e. The van der Waals surface area contributed by atoms with Crippen LogP contribution in [0.25, 0.3) is 0 Å². The third-order valence-electron chi connectivity index (χ3n) is 5.16. The van der Waals surface area contributed by atoms with Crippen LogP contribution in [-0.4, -0.2) is 24.3 Å². The van der Waals surface area contributed by atoms with E-state index in [0.717, 1.165) is 19.3 Å². The highest BCUT2D eigenvalue weighted by atomic mass is 19.1. The molecule has 2 aliphatic carbocycles. The van der Waals surface area contributed by atoms with Crippen LogP contribution in [0.4, 0.5) is 4.39 Å². The van der Waals surface area contributed by atoms with E-state index in [-0.39, 0.29) is 36.7 Å². The second-order valence-corrected chi connectivity index (χ2v) is 6.87. The molecule has 6 heteroatoms. The van der Waals surface area contributed by atoms with E-state index in [0.29, 0.717) is 18.4 Å². The molecule has 0 aliphatic heterocycles. The SMILES string of the molecule is O=C(COC(=O)C1C[C@H]2CCC[C@@H](C1)C2=O)NCc1ccccc1F. The van der Waals surface area contributed by atoms with Gasteiger partial charge in [-0.15, -0.1) is 0 Å². The molecule has 0 heterocycles. The highest BCUT2D eigenvalue weighted by molar-refractivity contribution is 5.87. The lowest BCUT2D eigenvalue weighted by Crippen LogP contribution is -2.40. The Kier molecular flexibility index (Phi) is 5.46. The van der Waals surface area contributed by atoms with Crippen molar-refractivity contribution in [2.45, 2.75) is 38.6 Å². The highest BCUT2D eigenvalue weighted by Gasteiger charge is 2.41. The lowest BCUT2D eigenvalue weighted by Gasteiger charge is -2.36. The minimum absolute atomic E-state index is 0.0278. The van der Waals surface area contributed by atoms with Crippen molar-refractivity contribution in [2.24, 2.45) is 17.8 Å². The van der Waals surface area contributed by atoms with Crippen molar-refractivity contribution in [3.63, 3.8) is 0 Å². The van der Waals surface area contributed by atoms with Crippen LogP contribution in [-0.2, 0) is 25.7 Å². The van der Waals surface area contributed by atoms with Gasteiger partial charge in [-0.1, -0.05) is 24.6 Å². The number of ketones is 1. The second-order valence-electron chi connectivity index (χ2n) is 6.87. The van der Waals surface area contributed by atoms with E-state index < -0.39 is 17.7 Å². The van der Waals surface area contributed by atoms with Gasteiger partial charge in [-0.2, -0.15) is 0 Å². The van der Waals surface area contributed by atoms with Gasteiger partial charge in [0.2, 0.25) is 0 Å². The Balaban J connectivity index is 1.43. The highest BCUT2D eigenvalue weighted by Crippen LogP contribution is 2.40. The van der Waals surface area contributed by atoms with E-state index in [4.69, 9.17) is 4.74 Å². The summed E-state index contributed by atoms with van der Waals surface area (Å²) in [6.07, 6.45) is 3.81. The average Bonchev–Trinajstić information content (AvgIpc) is 2.58. The molecule has 134 valence electrons. The number of carbonyl (C=O) groups excluding carboxylic acids is 3. The molecule has 25 heavy (non-hydrogen) atoms. The maximum absolute atomic E-state index is 13.5. The fraction of sp³-hybridized carbons (Fsp3) is 0.526. The zero-order valence-electron chi connectivity index (χ0n) is 14.0. The Bertz CT molecular complexity index is 659. The first-order valence-corrected chi connectivity index (χ1v) is 8.75. The molecular formula is C19H22FNO4. The molecule has 1 unspecified atom stereocenters. The lowest BCUT2D eigenvalue weighted by molar-refractivity contribution is -0.156. The summed E-state index contributed by atoms with van der Waals surface area (Å²) in [6.45, 7) is -0.335. The van der Waals surface area contributed by atoms with Crippen LogP contribution in [0.15, 0.2) is 24.3 Å². The van der Waals surface area contributed by atoms with E-state index in [1.54, 1.807) is 18.2 Å². The van der Waals surface area contributed by atoms with E-state index in [1.165, 1.54) is 6.07 Å². The normalized spacial score (nSPS) is 25.3. The predicted octanol–water partition coefficient (Wildman–Crippen LogP) is 2.38. The lowest BCUT2D eigenvalue weighted by atomic mass is 9.67. The Morgan fingerprint density at radius 2 is 1.84 bits per heavy atom. The zero-order valence-corrected chi connectivity index (χ0v) is 14.0. The number of rotatable bonds is 5. The minimum atomic E-state index is -0.469. The Morgan fingerprint density at radius 3 is 2.52 bits per heavy atom. The number of esters is 1. The molecule has 0 spiro atoms. The zero-order chi connectivity index (χ0) is 17.8. The van der Waals surface area contributed by atoms with Gasteiger partial charge in [0, 0.05) is 23.9 Å². The molecule has 0 aromatic heterocycles. The van der Waals surface area contributed by atoms with Crippen molar-refractivity contribution in [2.75, 3.05) is 6.61 Å². The van der Waals surface area contributed by atoms with E-state index in [1.807, 2.05) is 0 Å². The number of halogens is 1. The van der Waals surface area contributed by atoms with Gasteiger partial charge in [-0.25, -0.2) is 4.39 Å². The van der Waals surface area contributed by atoms with Crippen molar-refractivity contribution < 1.29 is 23.5 Å². The summed E-state index contributed by atoms with van der Waals surface area (Å²) < 4.78 is 18.6. The number of hydrogen-bond acceptors (Lipinski definition) is 4. The number of nitrogens with one attached hydrogen (secondary N) is 1. The third kappa shape index (κ3) is 4.24. The maximum Gasteiger partial charge on any atom is 0.309 e. The van der Waals surface area contributed by atoms with Gasteiger partial charge in [0.05, 0.1) is 5.92 Å². The van der Waals surface area contributed by atoms with Crippen LogP contribution in [0, 0.1) is 23.6 Å². The van der Waals surface area contributed by atoms with Gasteiger partial charge in [0.1, 0.15) is 11.6 Å². The molecule has 2 fully saturated rings. The molecule has 1 aromatic rings. The van der Waals surface area contributed by atoms with Gasteiger partial charge in [0.25, 0.3) is 5.91 Å². The molecule has 1 aromatic carbocycles. The van der Waals surface area contributed by atoms with Crippen LogP contribution in [0.1, 0.15) is 37.7 Å². The predicted molar refractivity (Wildman–Crippen MR) is 87.8 cm³/mol. The molecular weight excluding hydrogens is 325 g/mol. The molecule has 2 bridgehead atoms. The molecule has 2 saturated carbocycles. The topological polar surface area (TPSA) is 72.5 Å². The number of amides is 1. The molecule has 0 radical (unpaired) electrons. The number of hydrogen-bond donors (Lipinski definition) is 1. The maximum atomic E-state index is 13.5. The van der Waals surface area contributed by atoms with Crippen LogP contribution < -0.4 is 5.32 Å². The Labute approximate surface area is 145 Å². The third-order valence-corrected chi connectivity index (χ3v) is 5.16. The van der Waals surface area contributed by atoms with Crippen LogP contribution in [0.3, 0.4) is 0 Å². The van der Waals surface area contributed by atoms with Crippen molar-refractivity contribution in [3.8, 4) is 0 Å². The summed E-state index contributed by atoms with van der Waals surface area (Å²) in [5.74, 6) is -1.34. The van der Waals surface area contributed by atoms with Crippen molar-refractivity contribution >= 4 is 17.7 Å². The van der Waals surface area contributed by atoms with Crippen molar-refractivity contribution in [1.82, 2.24) is 5.32 Å². The summed E-state index contributed by atoms with van der Waals surface area (Å²) in [4.78, 5) is 36.0. The Morgan fingerprint density at radius 1 is 1.16 bits per heavy atom. The fourth-order valence-electron chi connectivity index (χ4n) is 3.81. The quantitative estimate of drug-likeness (QED) is 0.830. The van der Waals surface area contributed by atoms with Crippen molar-refractivity contribution in [1.29, 1.82) is 0 Å². The van der Waals surface area contributed by atoms with Crippen LogP contribution in [0.2, 0.25) is 0 Å². The van der Waals surface area contributed by atoms with Crippen molar-refractivity contribution in [3.05, 3.63) is 35.6 Å². The first-order chi connectivity index (χ1) is 12.0. The fourth-order valence-corrected chi connectivity index (χ4v) is 3.81. The smallest absolute Gasteiger partial charge is 0.309 e. The number of Topliss-reactive ketones (excluding diaryl/α,β-unsaturated/α-hetero) is 1. The van der Waals surface area contributed by atoms with Crippen LogP contribution in [0.5, 0.6) is 0 Å². The number of carbonyl (C=O) groups is 3. The summed E-state index contributed by atoms with van der Waals surface area (Å²) >= 11 is 0. The summed E-state index contributed by atoms with van der Waals surface area (Å²) in [5, 5.41) is 2.53.